The Morgan fingerprint density at radius 2 is 1.79 bits per heavy atom. The molecule has 1 fully saturated rings. The van der Waals surface area contributed by atoms with E-state index >= 15 is 0 Å². The lowest BCUT2D eigenvalue weighted by Crippen LogP contribution is -2.31. The van der Waals surface area contributed by atoms with Gasteiger partial charge in [0.05, 0.1) is 17.6 Å². The molecular formula is C22H19F3N4O3S. The number of nitrogens with zero attached hydrogens (tertiary/aromatic N) is 4. The standard InChI is InChI=1S/C22H19F3N4O3S/c23-15-5-6-17-18(11-15)28(22(30)29(17)16-7-9-33(31)10-8-16)12-13-1-3-14(4-2-13)20-26-27-21(32-20)19(24)25/h1-6,11,16,19H,7-10,12H2. The molecule has 0 atom stereocenters. The molecule has 7 nitrogen and oxygen atoms in total. The van der Waals surface area contributed by atoms with Crippen molar-refractivity contribution in [3.8, 4) is 11.5 Å². The van der Waals surface area contributed by atoms with Gasteiger partial charge in [0.25, 0.3) is 5.89 Å². The number of rotatable bonds is 5. The average Bonchev–Trinajstić information content (AvgIpc) is 3.39. The van der Waals surface area contributed by atoms with E-state index in [1.807, 2.05) is 0 Å². The Kier molecular flexibility index (Phi) is 5.65. The molecule has 0 amide bonds. The van der Waals surface area contributed by atoms with E-state index in [-0.39, 0.29) is 24.2 Å². The van der Waals surface area contributed by atoms with E-state index in [1.54, 1.807) is 34.9 Å². The zero-order chi connectivity index (χ0) is 23.1. The molecule has 0 spiro atoms. The molecule has 0 radical (unpaired) electrons. The summed E-state index contributed by atoms with van der Waals surface area (Å²) < 4.78 is 59.3. The third-order valence-electron chi connectivity index (χ3n) is 5.82. The van der Waals surface area contributed by atoms with Crippen LogP contribution in [0.15, 0.2) is 51.7 Å². The van der Waals surface area contributed by atoms with Crippen LogP contribution >= 0.6 is 0 Å². The van der Waals surface area contributed by atoms with Crippen molar-refractivity contribution in [3.05, 3.63) is 70.2 Å². The lowest BCUT2D eigenvalue weighted by molar-refractivity contribution is 0.116. The van der Waals surface area contributed by atoms with Gasteiger partial charge in [-0.05, 0) is 48.7 Å². The zero-order valence-electron chi connectivity index (χ0n) is 17.3. The predicted molar refractivity (Wildman–Crippen MR) is 116 cm³/mol. The Morgan fingerprint density at radius 1 is 1.06 bits per heavy atom. The van der Waals surface area contributed by atoms with Gasteiger partial charge in [-0.2, -0.15) is 8.78 Å². The molecule has 0 N–H and O–H groups in total. The molecule has 2 aromatic heterocycles. The van der Waals surface area contributed by atoms with Crippen LogP contribution in [0.2, 0.25) is 0 Å². The molecule has 2 aromatic carbocycles. The van der Waals surface area contributed by atoms with E-state index in [2.05, 4.69) is 10.2 Å². The van der Waals surface area contributed by atoms with Crippen LogP contribution in [0, 0.1) is 5.82 Å². The topological polar surface area (TPSA) is 82.9 Å². The van der Waals surface area contributed by atoms with Gasteiger partial charge in [-0.15, -0.1) is 10.2 Å². The summed E-state index contributed by atoms with van der Waals surface area (Å²) in [7, 11) is -0.864. The number of imidazole rings is 1. The van der Waals surface area contributed by atoms with Crippen molar-refractivity contribution < 1.29 is 21.8 Å². The molecule has 11 heteroatoms. The highest BCUT2D eigenvalue weighted by molar-refractivity contribution is 7.85. The summed E-state index contributed by atoms with van der Waals surface area (Å²) in [6, 6.07) is 10.9. The number of aromatic nitrogens is 4. The van der Waals surface area contributed by atoms with Gasteiger partial charge in [0.1, 0.15) is 5.82 Å². The van der Waals surface area contributed by atoms with Crippen molar-refractivity contribution in [1.29, 1.82) is 0 Å². The van der Waals surface area contributed by atoms with E-state index in [0.29, 0.717) is 40.9 Å². The molecule has 0 unspecified atom stereocenters. The second-order valence-electron chi connectivity index (χ2n) is 7.89. The van der Waals surface area contributed by atoms with Crippen molar-refractivity contribution in [3.63, 3.8) is 0 Å². The highest BCUT2D eigenvalue weighted by Crippen LogP contribution is 2.27. The van der Waals surface area contributed by atoms with Gasteiger partial charge in [0.2, 0.25) is 5.89 Å². The van der Waals surface area contributed by atoms with Crippen molar-refractivity contribution in [2.75, 3.05) is 11.5 Å². The van der Waals surface area contributed by atoms with Gasteiger partial charge >= 0.3 is 12.1 Å². The Labute approximate surface area is 188 Å². The summed E-state index contributed by atoms with van der Waals surface area (Å²) in [4.78, 5) is 13.4. The van der Waals surface area contributed by atoms with Crippen molar-refractivity contribution in [2.45, 2.75) is 31.9 Å². The molecule has 172 valence electrons. The summed E-state index contributed by atoms with van der Waals surface area (Å²) in [5.41, 5.74) is 2.09. The fourth-order valence-electron chi connectivity index (χ4n) is 4.17. The molecule has 0 saturated carbocycles. The Bertz CT molecular complexity index is 1380. The number of halogens is 3. The van der Waals surface area contributed by atoms with E-state index in [4.69, 9.17) is 4.42 Å². The molecule has 1 aliphatic heterocycles. The molecule has 1 saturated heterocycles. The number of fused-ring (bicyclic) bond motifs is 1. The first-order valence-electron chi connectivity index (χ1n) is 10.4. The van der Waals surface area contributed by atoms with E-state index in [0.717, 1.165) is 5.56 Å². The first-order chi connectivity index (χ1) is 15.9. The molecular weight excluding hydrogens is 457 g/mol. The summed E-state index contributed by atoms with van der Waals surface area (Å²) >= 11 is 0. The van der Waals surface area contributed by atoms with Gasteiger partial charge in [-0.25, -0.2) is 9.18 Å². The van der Waals surface area contributed by atoms with Crippen LogP contribution in [0.1, 0.15) is 36.8 Å². The number of hydrogen-bond donors (Lipinski definition) is 0. The van der Waals surface area contributed by atoms with E-state index in [9.17, 15) is 22.2 Å². The minimum Gasteiger partial charge on any atom is -0.415 e. The Balaban J connectivity index is 1.48. The van der Waals surface area contributed by atoms with Gasteiger partial charge in [-0.3, -0.25) is 13.3 Å². The SMILES string of the molecule is O=c1n(Cc2ccc(-c3nnc(C(F)F)o3)cc2)c2cc(F)ccc2n1C1CCS(=O)CC1. The molecule has 3 heterocycles. The fourth-order valence-corrected chi connectivity index (χ4v) is 5.45. The Morgan fingerprint density at radius 3 is 2.45 bits per heavy atom. The summed E-state index contributed by atoms with van der Waals surface area (Å²) in [5, 5.41) is 6.95. The lowest BCUT2D eigenvalue weighted by Gasteiger charge is -2.22. The summed E-state index contributed by atoms with van der Waals surface area (Å²) in [6.45, 7) is 0.191. The average molecular weight is 476 g/mol. The molecule has 4 aromatic rings. The highest BCUT2D eigenvalue weighted by atomic mass is 32.2. The fraction of sp³-hybridized carbons (Fsp3) is 0.318. The quantitative estimate of drug-likeness (QED) is 0.434. The number of alkyl halides is 2. The predicted octanol–water partition coefficient (Wildman–Crippen LogP) is 4.06. The van der Waals surface area contributed by atoms with Gasteiger partial charge in [0, 0.05) is 33.9 Å². The monoisotopic (exact) mass is 476 g/mol. The maximum absolute atomic E-state index is 14.0. The second kappa shape index (κ2) is 8.62. The first kappa shape index (κ1) is 21.6. The van der Waals surface area contributed by atoms with Gasteiger partial charge in [-0.1, -0.05) is 12.1 Å². The third-order valence-corrected chi connectivity index (χ3v) is 7.20. The van der Waals surface area contributed by atoms with Crippen LogP contribution < -0.4 is 5.69 Å². The van der Waals surface area contributed by atoms with Crippen molar-refractivity contribution in [1.82, 2.24) is 19.3 Å². The largest absolute Gasteiger partial charge is 0.415 e. The van der Waals surface area contributed by atoms with Crippen LogP contribution in [-0.2, 0) is 17.3 Å². The molecule has 5 rings (SSSR count). The highest BCUT2D eigenvalue weighted by Gasteiger charge is 2.25. The molecule has 1 aliphatic rings. The van der Waals surface area contributed by atoms with E-state index in [1.165, 1.54) is 16.7 Å². The Hall–Kier alpha value is -3.21. The van der Waals surface area contributed by atoms with Crippen LogP contribution in [-0.4, -0.2) is 35.0 Å². The zero-order valence-corrected chi connectivity index (χ0v) is 18.1. The summed E-state index contributed by atoms with van der Waals surface area (Å²) in [5.74, 6) is -0.144. The normalized spacial score (nSPS) is 18.9. The molecule has 0 bridgehead atoms. The maximum Gasteiger partial charge on any atom is 0.329 e. The number of hydrogen-bond acceptors (Lipinski definition) is 5. The van der Waals surface area contributed by atoms with Crippen molar-refractivity contribution >= 4 is 21.8 Å². The van der Waals surface area contributed by atoms with Gasteiger partial charge in [0.15, 0.2) is 0 Å². The lowest BCUT2D eigenvalue weighted by atomic mass is 10.1. The third kappa shape index (κ3) is 4.12. The minimum absolute atomic E-state index is 0.0256. The van der Waals surface area contributed by atoms with Gasteiger partial charge < -0.3 is 4.42 Å². The van der Waals surface area contributed by atoms with Crippen LogP contribution in [0.3, 0.4) is 0 Å². The van der Waals surface area contributed by atoms with Crippen LogP contribution in [0.25, 0.3) is 22.5 Å². The van der Waals surface area contributed by atoms with Crippen molar-refractivity contribution in [2.24, 2.45) is 0 Å². The minimum atomic E-state index is -2.85. The summed E-state index contributed by atoms with van der Waals surface area (Å²) in [6.07, 6.45) is -1.59. The molecule has 33 heavy (non-hydrogen) atoms. The molecule has 0 aliphatic carbocycles. The second-order valence-corrected chi connectivity index (χ2v) is 9.59. The van der Waals surface area contributed by atoms with E-state index < -0.39 is 28.9 Å². The van der Waals surface area contributed by atoms with Crippen LogP contribution in [0.4, 0.5) is 13.2 Å². The maximum atomic E-state index is 14.0. The smallest absolute Gasteiger partial charge is 0.329 e. The van der Waals surface area contributed by atoms with Crippen LogP contribution in [0.5, 0.6) is 0 Å². The first-order valence-corrected chi connectivity index (χ1v) is 11.9. The number of benzene rings is 2.